The number of aliphatic hydroxyl groups is 1. The summed E-state index contributed by atoms with van der Waals surface area (Å²) in [6, 6.07) is 4.18. The van der Waals surface area contributed by atoms with E-state index in [0.717, 1.165) is 16.5 Å². The van der Waals surface area contributed by atoms with Crippen LogP contribution in [-0.2, 0) is 11.2 Å². The predicted molar refractivity (Wildman–Crippen MR) is 88.1 cm³/mol. The number of hydrogen-bond donors (Lipinski definition) is 2. The number of fused-ring (bicyclic) bond motifs is 1. The number of aryl methyl sites for hydroxylation is 1. The van der Waals surface area contributed by atoms with Crippen molar-refractivity contribution < 1.29 is 14.3 Å². The van der Waals surface area contributed by atoms with Gasteiger partial charge in [0.15, 0.2) is 0 Å². The first-order valence-electron chi connectivity index (χ1n) is 7.84. The van der Waals surface area contributed by atoms with Crippen LogP contribution in [0.3, 0.4) is 0 Å². The normalized spacial score (nSPS) is 12.8. The van der Waals surface area contributed by atoms with E-state index in [9.17, 15) is 9.90 Å². The van der Waals surface area contributed by atoms with Crippen molar-refractivity contribution in [3.05, 3.63) is 35.1 Å². The van der Waals surface area contributed by atoms with Gasteiger partial charge in [0.25, 0.3) is 0 Å². The van der Waals surface area contributed by atoms with E-state index in [1.165, 1.54) is 11.1 Å². The number of rotatable bonds is 6. The van der Waals surface area contributed by atoms with Crippen LogP contribution in [0.4, 0.5) is 0 Å². The Morgan fingerprint density at radius 1 is 1.32 bits per heavy atom. The van der Waals surface area contributed by atoms with Crippen LogP contribution in [0.15, 0.2) is 22.8 Å². The molecule has 0 aliphatic carbocycles. The Kier molecular flexibility index (Phi) is 5.24. The SMILES string of the molecule is Cc1cc2occ(CC(=O)NCCC(C)O)c2cc1C(C)C. The van der Waals surface area contributed by atoms with Crippen LogP contribution in [0.2, 0.25) is 0 Å². The van der Waals surface area contributed by atoms with Gasteiger partial charge >= 0.3 is 0 Å². The zero-order valence-corrected chi connectivity index (χ0v) is 13.8. The molecular formula is C18H25NO3. The van der Waals surface area contributed by atoms with Gasteiger partial charge in [-0.05, 0) is 49.4 Å². The Hall–Kier alpha value is -1.81. The molecule has 120 valence electrons. The molecule has 0 radical (unpaired) electrons. The Labute approximate surface area is 131 Å². The van der Waals surface area contributed by atoms with Gasteiger partial charge in [-0.1, -0.05) is 13.8 Å². The minimum absolute atomic E-state index is 0.0463. The van der Waals surface area contributed by atoms with Gasteiger partial charge in [0, 0.05) is 17.5 Å². The van der Waals surface area contributed by atoms with Crippen molar-refractivity contribution in [2.75, 3.05) is 6.54 Å². The molecule has 0 aliphatic rings. The van der Waals surface area contributed by atoms with Gasteiger partial charge in [0.1, 0.15) is 5.58 Å². The minimum atomic E-state index is -0.397. The van der Waals surface area contributed by atoms with Gasteiger partial charge in [-0.15, -0.1) is 0 Å². The molecule has 0 spiro atoms. The molecule has 1 unspecified atom stereocenters. The third kappa shape index (κ3) is 3.89. The number of aliphatic hydroxyl groups excluding tert-OH is 1. The Balaban J connectivity index is 2.14. The number of amides is 1. The van der Waals surface area contributed by atoms with E-state index < -0.39 is 6.10 Å². The maximum atomic E-state index is 12.0. The van der Waals surface area contributed by atoms with Crippen LogP contribution in [0, 0.1) is 6.92 Å². The van der Waals surface area contributed by atoms with E-state index >= 15 is 0 Å². The fraction of sp³-hybridized carbons (Fsp3) is 0.500. The summed E-state index contributed by atoms with van der Waals surface area (Å²) < 4.78 is 5.59. The van der Waals surface area contributed by atoms with Crippen molar-refractivity contribution in [2.45, 2.75) is 52.6 Å². The third-order valence-electron chi connectivity index (χ3n) is 3.90. The second kappa shape index (κ2) is 6.97. The molecule has 1 aromatic heterocycles. The van der Waals surface area contributed by atoms with E-state index in [-0.39, 0.29) is 5.91 Å². The molecule has 1 atom stereocenters. The van der Waals surface area contributed by atoms with Crippen LogP contribution in [-0.4, -0.2) is 23.7 Å². The first-order valence-corrected chi connectivity index (χ1v) is 7.84. The van der Waals surface area contributed by atoms with Gasteiger partial charge in [0.05, 0.1) is 18.8 Å². The zero-order valence-electron chi connectivity index (χ0n) is 13.8. The molecule has 0 saturated heterocycles. The van der Waals surface area contributed by atoms with E-state index in [4.69, 9.17) is 4.42 Å². The molecule has 1 heterocycles. The van der Waals surface area contributed by atoms with Crippen LogP contribution < -0.4 is 5.32 Å². The van der Waals surface area contributed by atoms with Gasteiger partial charge in [0.2, 0.25) is 5.91 Å². The number of furan rings is 1. The molecule has 22 heavy (non-hydrogen) atoms. The van der Waals surface area contributed by atoms with Crippen molar-refractivity contribution in [1.29, 1.82) is 0 Å². The van der Waals surface area contributed by atoms with Crippen LogP contribution >= 0.6 is 0 Å². The topological polar surface area (TPSA) is 62.5 Å². The highest BCUT2D eigenvalue weighted by Gasteiger charge is 2.13. The first kappa shape index (κ1) is 16.6. The van der Waals surface area contributed by atoms with Gasteiger partial charge in [-0.25, -0.2) is 0 Å². The molecule has 0 fully saturated rings. The highest BCUT2D eigenvalue weighted by Crippen LogP contribution is 2.29. The van der Waals surface area contributed by atoms with Crippen molar-refractivity contribution in [3.63, 3.8) is 0 Å². The molecule has 2 N–H and O–H groups in total. The average molecular weight is 303 g/mol. The molecule has 2 aromatic rings. The number of benzene rings is 1. The standard InChI is InChI=1S/C18H25NO3/c1-11(2)15-9-16-14(10-22-17(16)7-12(15)3)8-18(21)19-6-5-13(4)20/h7,9-11,13,20H,5-6,8H2,1-4H3,(H,19,21). The predicted octanol–water partition coefficient (Wildman–Crippen LogP) is 3.29. The number of carbonyl (C=O) groups excluding carboxylic acids is 1. The summed E-state index contributed by atoms with van der Waals surface area (Å²) >= 11 is 0. The van der Waals surface area contributed by atoms with Crippen molar-refractivity contribution in [1.82, 2.24) is 5.32 Å². The van der Waals surface area contributed by atoms with Gasteiger partial charge in [-0.3, -0.25) is 4.79 Å². The summed E-state index contributed by atoms with van der Waals surface area (Å²) in [5.41, 5.74) is 4.23. The van der Waals surface area contributed by atoms with Crippen LogP contribution in [0.1, 0.15) is 49.8 Å². The summed E-state index contributed by atoms with van der Waals surface area (Å²) in [4.78, 5) is 12.0. The maximum Gasteiger partial charge on any atom is 0.224 e. The molecule has 4 nitrogen and oxygen atoms in total. The monoisotopic (exact) mass is 303 g/mol. The molecule has 1 aromatic carbocycles. The summed E-state index contributed by atoms with van der Waals surface area (Å²) in [5, 5.41) is 13.0. The smallest absolute Gasteiger partial charge is 0.224 e. The molecule has 2 rings (SSSR count). The lowest BCUT2D eigenvalue weighted by Crippen LogP contribution is -2.27. The van der Waals surface area contributed by atoms with Gasteiger partial charge < -0.3 is 14.8 Å². The highest BCUT2D eigenvalue weighted by atomic mass is 16.3. The Morgan fingerprint density at radius 3 is 2.68 bits per heavy atom. The summed E-state index contributed by atoms with van der Waals surface area (Å²) in [7, 11) is 0. The van der Waals surface area contributed by atoms with E-state index in [0.29, 0.717) is 25.3 Å². The molecule has 0 bridgehead atoms. The molecule has 1 amide bonds. The summed E-state index contributed by atoms with van der Waals surface area (Å²) in [5.74, 6) is 0.391. The van der Waals surface area contributed by atoms with Crippen molar-refractivity contribution in [3.8, 4) is 0 Å². The maximum absolute atomic E-state index is 12.0. The molecule has 0 saturated carbocycles. The second-order valence-corrected chi connectivity index (χ2v) is 6.29. The Morgan fingerprint density at radius 2 is 2.05 bits per heavy atom. The molecular weight excluding hydrogens is 278 g/mol. The lowest BCUT2D eigenvalue weighted by molar-refractivity contribution is -0.120. The fourth-order valence-electron chi connectivity index (χ4n) is 2.66. The van der Waals surface area contributed by atoms with Gasteiger partial charge in [-0.2, -0.15) is 0 Å². The highest BCUT2D eigenvalue weighted by molar-refractivity contribution is 5.88. The second-order valence-electron chi connectivity index (χ2n) is 6.29. The fourth-order valence-corrected chi connectivity index (χ4v) is 2.66. The lowest BCUT2D eigenvalue weighted by Gasteiger charge is -2.10. The van der Waals surface area contributed by atoms with Crippen molar-refractivity contribution in [2.24, 2.45) is 0 Å². The van der Waals surface area contributed by atoms with E-state index in [1.807, 2.05) is 6.07 Å². The summed E-state index contributed by atoms with van der Waals surface area (Å²) in [6.07, 6.45) is 2.14. The van der Waals surface area contributed by atoms with Crippen molar-refractivity contribution >= 4 is 16.9 Å². The average Bonchev–Trinajstić information content (AvgIpc) is 2.79. The minimum Gasteiger partial charge on any atom is -0.464 e. The molecule has 4 heteroatoms. The number of hydrogen-bond acceptors (Lipinski definition) is 3. The van der Waals surface area contributed by atoms with Crippen LogP contribution in [0.5, 0.6) is 0 Å². The summed E-state index contributed by atoms with van der Waals surface area (Å²) in [6.45, 7) is 8.61. The first-order chi connectivity index (χ1) is 10.4. The number of nitrogens with one attached hydrogen (secondary N) is 1. The third-order valence-corrected chi connectivity index (χ3v) is 3.90. The van der Waals surface area contributed by atoms with E-state index in [1.54, 1.807) is 13.2 Å². The Bertz CT molecular complexity index is 656. The quantitative estimate of drug-likeness (QED) is 0.860. The van der Waals surface area contributed by atoms with Crippen LogP contribution in [0.25, 0.3) is 11.0 Å². The largest absolute Gasteiger partial charge is 0.464 e. The molecule has 0 aliphatic heterocycles. The lowest BCUT2D eigenvalue weighted by atomic mass is 9.95. The zero-order chi connectivity index (χ0) is 16.3. The number of carbonyl (C=O) groups is 1. The van der Waals surface area contributed by atoms with E-state index in [2.05, 4.69) is 32.2 Å².